The maximum Gasteiger partial charge on any atom is 0.573 e. The van der Waals surface area contributed by atoms with E-state index in [2.05, 4.69) is 10.2 Å². The van der Waals surface area contributed by atoms with Gasteiger partial charge < -0.3 is 4.74 Å². The van der Waals surface area contributed by atoms with E-state index in [4.69, 9.17) is 9.49 Å². The molecule has 0 fully saturated rings. The normalized spacial score (nSPS) is 12.4. The van der Waals surface area contributed by atoms with Crippen molar-refractivity contribution in [3.63, 3.8) is 0 Å². The standard InChI is InChI=1S/C19H21F3N2O5S.C2H6/c1-18(2,17(25)24-26)30(27)29-23-12-15-5-3-13(4-6-15)11-14-7-9-16(10-8-14)28-19(20,21)22;1-2/h3-10,23,26H,11-12H2,1-2H3,(H,24,25);1-2H3. The molecule has 2 aromatic rings. The van der Waals surface area contributed by atoms with Gasteiger partial charge in [-0.05, 0) is 49.1 Å². The van der Waals surface area contributed by atoms with E-state index < -0.39 is 28.1 Å². The van der Waals surface area contributed by atoms with Gasteiger partial charge in [-0.3, -0.25) is 10.0 Å². The summed E-state index contributed by atoms with van der Waals surface area (Å²) >= 11 is -2.04. The average Bonchev–Trinajstić information content (AvgIpc) is 2.76. The van der Waals surface area contributed by atoms with Crippen LogP contribution in [0.15, 0.2) is 48.5 Å². The summed E-state index contributed by atoms with van der Waals surface area (Å²) in [6.45, 7) is 6.92. The molecular formula is C21H27F3N2O5S. The number of benzene rings is 2. The van der Waals surface area contributed by atoms with Crippen molar-refractivity contribution in [2.45, 2.75) is 51.8 Å². The molecule has 0 aliphatic carbocycles. The first kappa shape index (κ1) is 27.6. The molecular weight excluding hydrogens is 449 g/mol. The number of alkyl halides is 3. The number of hydrogen-bond acceptors (Lipinski definition) is 6. The van der Waals surface area contributed by atoms with Crippen molar-refractivity contribution >= 4 is 17.0 Å². The molecule has 0 heterocycles. The molecule has 11 heteroatoms. The number of ether oxygens (including phenoxy) is 1. The van der Waals surface area contributed by atoms with Gasteiger partial charge in [0, 0.05) is 6.54 Å². The molecule has 0 bridgehead atoms. The summed E-state index contributed by atoms with van der Waals surface area (Å²) in [5.74, 6) is -1.12. The number of hydrogen-bond donors (Lipinski definition) is 3. The molecule has 2 rings (SSSR count). The van der Waals surface area contributed by atoms with Crippen LogP contribution in [0, 0.1) is 0 Å². The molecule has 0 radical (unpaired) electrons. The van der Waals surface area contributed by atoms with Gasteiger partial charge >= 0.3 is 6.36 Å². The van der Waals surface area contributed by atoms with E-state index in [0.29, 0.717) is 6.42 Å². The molecule has 2 aromatic carbocycles. The Morgan fingerprint density at radius 2 is 1.44 bits per heavy atom. The average molecular weight is 477 g/mol. The van der Waals surface area contributed by atoms with Crippen LogP contribution in [0.4, 0.5) is 13.2 Å². The van der Waals surface area contributed by atoms with Crippen molar-refractivity contribution in [1.29, 1.82) is 0 Å². The lowest BCUT2D eigenvalue weighted by atomic mass is 10.0. The van der Waals surface area contributed by atoms with Crippen molar-refractivity contribution in [3.05, 3.63) is 65.2 Å². The molecule has 0 aliphatic rings. The summed E-state index contributed by atoms with van der Waals surface area (Å²) in [6, 6.07) is 12.9. The van der Waals surface area contributed by atoms with Crippen LogP contribution in [0.5, 0.6) is 5.75 Å². The molecule has 1 unspecified atom stereocenters. The van der Waals surface area contributed by atoms with Crippen LogP contribution in [0.25, 0.3) is 0 Å². The molecule has 0 spiro atoms. The Balaban J connectivity index is 0.00000249. The van der Waals surface area contributed by atoms with Gasteiger partial charge in [0.2, 0.25) is 0 Å². The third-order valence-corrected chi connectivity index (χ3v) is 5.35. The minimum atomic E-state index is -4.72. The van der Waals surface area contributed by atoms with Crippen molar-refractivity contribution in [2.24, 2.45) is 0 Å². The SMILES string of the molecule is CC.CC(C)(C(=O)NO)S(=O)ONCc1ccc(Cc2ccc(OC(F)(F)F)cc2)cc1. The van der Waals surface area contributed by atoms with Crippen LogP contribution < -0.4 is 15.7 Å². The van der Waals surface area contributed by atoms with Gasteiger partial charge in [0.1, 0.15) is 10.5 Å². The highest BCUT2D eigenvalue weighted by atomic mass is 32.2. The zero-order valence-corrected chi connectivity index (χ0v) is 19.0. The number of carbonyl (C=O) groups is 1. The Kier molecular flexibility index (Phi) is 10.8. The number of rotatable bonds is 9. The highest BCUT2D eigenvalue weighted by molar-refractivity contribution is 7.82. The lowest BCUT2D eigenvalue weighted by molar-refractivity contribution is -0.274. The maximum atomic E-state index is 12.2. The Bertz CT molecular complexity index is 872. The van der Waals surface area contributed by atoms with Crippen LogP contribution in [-0.2, 0) is 33.1 Å². The fourth-order valence-electron chi connectivity index (χ4n) is 2.30. The zero-order valence-electron chi connectivity index (χ0n) is 18.2. The quantitative estimate of drug-likeness (QED) is 0.371. The second-order valence-electron chi connectivity index (χ2n) is 6.78. The summed E-state index contributed by atoms with van der Waals surface area (Å²) < 4.78 is 55.9. The van der Waals surface area contributed by atoms with Crippen LogP contribution in [-0.4, -0.2) is 26.4 Å². The van der Waals surface area contributed by atoms with E-state index in [1.165, 1.54) is 31.5 Å². The van der Waals surface area contributed by atoms with Gasteiger partial charge in [-0.15, -0.1) is 13.2 Å². The van der Waals surface area contributed by atoms with Crippen molar-refractivity contribution in [3.8, 4) is 5.75 Å². The highest BCUT2D eigenvalue weighted by Crippen LogP contribution is 2.23. The van der Waals surface area contributed by atoms with Gasteiger partial charge in [-0.25, -0.2) is 9.69 Å². The van der Waals surface area contributed by atoms with Crippen LogP contribution in [0.1, 0.15) is 44.4 Å². The van der Waals surface area contributed by atoms with Crippen molar-refractivity contribution in [1.82, 2.24) is 11.0 Å². The number of hydroxylamine groups is 2. The third kappa shape index (κ3) is 8.95. The summed E-state index contributed by atoms with van der Waals surface area (Å²) in [4.78, 5) is 11.5. The second kappa shape index (κ2) is 12.5. The fourth-order valence-corrected chi connectivity index (χ4v) is 2.87. The van der Waals surface area contributed by atoms with E-state index in [1.807, 2.05) is 26.0 Å². The van der Waals surface area contributed by atoms with Gasteiger partial charge in [0.05, 0.1) is 0 Å². The van der Waals surface area contributed by atoms with E-state index >= 15 is 0 Å². The molecule has 178 valence electrons. The molecule has 0 saturated heterocycles. The van der Waals surface area contributed by atoms with Crippen LogP contribution >= 0.6 is 0 Å². The summed E-state index contributed by atoms with van der Waals surface area (Å²) in [7, 11) is 0. The molecule has 1 amide bonds. The number of halogens is 3. The monoisotopic (exact) mass is 476 g/mol. The summed E-state index contributed by atoms with van der Waals surface area (Å²) in [5, 5.41) is 8.65. The lowest BCUT2D eigenvalue weighted by Gasteiger charge is -2.19. The largest absolute Gasteiger partial charge is 0.573 e. The fraction of sp³-hybridized carbons (Fsp3) is 0.381. The smallest absolute Gasteiger partial charge is 0.406 e. The highest BCUT2D eigenvalue weighted by Gasteiger charge is 2.36. The van der Waals surface area contributed by atoms with Crippen molar-refractivity contribution in [2.75, 3.05) is 0 Å². The maximum absolute atomic E-state index is 12.2. The Labute approximate surface area is 187 Å². The summed E-state index contributed by atoms with van der Waals surface area (Å²) in [5.41, 5.74) is 6.52. The Hall–Kier alpha value is -2.47. The molecule has 0 saturated carbocycles. The number of amides is 1. The Morgan fingerprint density at radius 1 is 0.969 bits per heavy atom. The van der Waals surface area contributed by atoms with E-state index in [0.717, 1.165) is 16.7 Å². The third-order valence-electron chi connectivity index (χ3n) is 4.06. The van der Waals surface area contributed by atoms with Gasteiger partial charge in [-0.1, -0.05) is 50.2 Å². The van der Waals surface area contributed by atoms with Gasteiger partial charge in [0.15, 0.2) is 11.1 Å². The Morgan fingerprint density at radius 3 is 1.91 bits per heavy atom. The molecule has 3 N–H and O–H groups in total. The molecule has 7 nitrogen and oxygen atoms in total. The number of carbonyl (C=O) groups excluding carboxylic acids is 1. The molecule has 1 atom stereocenters. The van der Waals surface area contributed by atoms with Crippen LogP contribution in [0.2, 0.25) is 0 Å². The van der Waals surface area contributed by atoms with Gasteiger partial charge in [-0.2, -0.15) is 9.76 Å². The van der Waals surface area contributed by atoms with E-state index in [-0.39, 0.29) is 12.3 Å². The molecule has 0 aliphatic heterocycles. The predicted molar refractivity (Wildman–Crippen MR) is 114 cm³/mol. The van der Waals surface area contributed by atoms with E-state index in [9.17, 15) is 22.2 Å². The zero-order chi connectivity index (χ0) is 24.4. The predicted octanol–water partition coefficient (Wildman–Crippen LogP) is 4.17. The lowest BCUT2D eigenvalue weighted by Crippen LogP contribution is -2.45. The first-order valence-electron chi connectivity index (χ1n) is 9.70. The number of nitrogens with one attached hydrogen (secondary N) is 2. The van der Waals surface area contributed by atoms with Gasteiger partial charge in [0.25, 0.3) is 5.91 Å². The minimum Gasteiger partial charge on any atom is -0.406 e. The van der Waals surface area contributed by atoms with Crippen molar-refractivity contribution < 1.29 is 36.4 Å². The van der Waals surface area contributed by atoms with E-state index in [1.54, 1.807) is 24.3 Å². The first-order chi connectivity index (χ1) is 15.0. The minimum absolute atomic E-state index is 0.215. The summed E-state index contributed by atoms with van der Waals surface area (Å²) in [6.07, 6.45) is -4.20. The topological polar surface area (TPSA) is 96.9 Å². The first-order valence-corrected chi connectivity index (χ1v) is 10.8. The molecule has 0 aromatic heterocycles. The molecule has 32 heavy (non-hydrogen) atoms. The second-order valence-corrected chi connectivity index (χ2v) is 8.43. The van der Waals surface area contributed by atoms with Crippen LogP contribution in [0.3, 0.4) is 0 Å².